The van der Waals surface area contributed by atoms with Crippen molar-refractivity contribution in [2.75, 3.05) is 13.2 Å². The molecule has 0 saturated heterocycles. The standard InChI is InChI=1S/C69H124O6/c1-4-7-10-13-16-19-22-25-28-31-33-34-35-36-39-41-44-47-50-53-56-59-62-68(71)74-65-66(64-73-67(70)61-58-55-52-49-46-43-40-37-30-27-24-21-18-15-12-9-6-3)75-69(72)63-60-57-54-51-48-45-42-38-32-29-26-23-20-17-14-11-8-5-2/h9,12,18,21,27,30,40,43,49,52,66H,4-8,10-11,13-17,19-20,22-26,28-29,31-39,41-42,44-48,50-51,53-65H2,1-3H3/b12-9-,21-18-,30-27-,43-40-,52-49-. The van der Waals surface area contributed by atoms with Crippen LogP contribution in [0.15, 0.2) is 60.8 Å². The van der Waals surface area contributed by atoms with Gasteiger partial charge in [-0.25, -0.2) is 0 Å². The molecule has 0 aliphatic heterocycles. The van der Waals surface area contributed by atoms with Crippen LogP contribution in [0.1, 0.15) is 342 Å². The van der Waals surface area contributed by atoms with Gasteiger partial charge >= 0.3 is 17.9 Å². The molecule has 0 aromatic carbocycles. The van der Waals surface area contributed by atoms with Crippen molar-refractivity contribution in [3.63, 3.8) is 0 Å². The second kappa shape index (κ2) is 63.6. The predicted octanol–water partition coefficient (Wildman–Crippen LogP) is 22.3. The molecular formula is C69H124O6. The topological polar surface area (TPSA) is 78.9 Å². The fourth-order valence-electron chi connectivity index (χ4n) is 9.66. The number of rotatable bonds is 60. The van der Waals surface area contributed by atoms with E-state index in [0.717, 1.165) is 77.0 Å². The van der Waals surface area contributed by atoms with Crippen LogP contribution in [-0.4, -0.2) is 37.2 Å². The zero-order chi connectivity index (χ0) is 54.3. The fraction of sp³-hybridized carbons (Fsp3) is 0.812. The van der Waals surface area contributed by atoms with Gasteiger partial charge in [0.25, 0.3) is 0 Å². The summed E-state index contributed by atoms with van der Waals surface area (Å²) < 4.78 is 16.9. The number of hydrogen-bond acceptors (Lipinski definition) is 6. The summed E-state index contributed by atoms with van der Waals surface area (Å²) in [5.41, 5.74) is 0. The van der Waals surface area contributed by atoms with Crippen LogP contribution in [0, 0.1) is 0 Å². The van der Waals surface area contributed by atoms with E-state index in [0.29, 0.717) is 19.3 Å². The van der Waals surface area contributed by atoms with E-state index in [1.54, 1.807) is 0 Å². The highest BCUT2D eigenvalue weighted by Crippen LogP contribution is 2.18. The second-order valence-electron chi connectivity index (χ2n) is 22.0. The summed E-state index contributed by atoms with van der Waals surface area (Å²) in [5.74, 6) is -0.925. The van der Waals surface area contributed by atoms with Gasteiger partial charge in [-0.3, -0.25) is 14.4 Å². The monoisotopic (exact) mass is 1050 g/mol. The van der Waals surface area contributed by atoms with Gasteiger partial charge in [-0.15, -0.1) is 0 Å². The van der Waals surface area contributed by atoms with Crippen molar-refractivity contribution in [2.24, 2.45) is 0 Å². The van der Waals surface area contributed by atoms with Gasteiger partial charge in [0.05, 0.1) is 0 Å². The van der Waals surface area contributed by atoms with Crippen molar-refractivity contribution >= 4 is 17.9 Å². The zero-order valence-corrected chi connectivity index (χ0v) is 50.1. The minimum atomic E-state index is -0.795. The van der Waals surface area contributed by atoms with Crippen LogP contribution < -0.4 is 0 Å². The Kier molecular flexibility index (Phi) is 61.2. The Balaban J connectivity index is 4.37. The zero-order valence-electron chi connectivity index (χ0n) is 50.1. The normalized spacial score (nSPS) is 12.4. The maximum Gasteiger partial charge on any atom is 0.306 e. The number of carbonyl (C=O) groups is 3. The van der Waals surface area contributed by atoms with Crippen LogP contribution >= 0.6 is 0 Å². The highest BCUT2D eigenvalue weighted by atomic mass is 16.6. The van der Waals surface area contributed by atoms with Gasteiger partial charge in [-0.1, -0.05) is 326 Å². The summed E-state index contributed by atoms with van der Waals surface area (Å²) in [7, 11) is 0. The molecule has 75 heavy (non-hydrogen) atoms. The van der Waals surface area contributed by atoms with Crippen molar-refractivity contribution in [2.45, 2.75) is 348 Å². The van der Waals surface area contributed by atoms with E-state index in [4.69, 9.17) is 14.2 Å². The summed E-state index contributed by atoms with van der Waals surface area (Å²) in [6.45, 7) is 6.54. The number of allylic oxidation sites excluding steroid dienone is 10. The lowest BCUT2D eigenvalue weighted by atomic mass is 10.0. The van der Waals surface area contributed by atoms with Gasteiger partial charge in [0.1, 0.15) is 13.2 Å². The number of hydrogen-bond donors (Lipinski definition) is 0. The molecule has 6 heteroatoms. The van der Waals surface area contributed by atoms with Crippen molar-refractivity contribution < 1.29 is 28.6 Å². The number of unbranched alkanes of at least 4 members (excludes halogenated alkanes) is 39. The van der Waals surface area contributed by atoms with E-state index >= 15 is 0 Å². The van der Waals surface area contributed by atoms with Crippen LogP contribution in [0.2, 0.25) is 0 Å². The first-order valence-electron chi connectivity index (χ1n) is 32.8. The molecular weight excluding hydrogens is 925 g/mol. The lowest BCUT2D eigenvalue weighted by molar-refractivity contribution is -0.167. The summed E-state index contributed by atoms with van der Waals surface area (Å²) in [6, 6.07) is 0. The van der Waals surface area contributed by atoms with Crippen LogP contribution in [0.25, 0.3) is 0 Å². The van der Waals surface area contributed by atoms with Crippen LogP contribution in [0.5, 0.6) is 0 Å². The molecule has 0 radical (unpaired) electrons. The Bertz CT molecular complexity index is 1340. The molecule has 0 saturated carbocycles. The third-order valence-electron chi connectivity index (χ3n) is 14.5. The third kappa shape index (κ3) is 61.8. The second-order valence-corrected chi connectivity index (χ2v) is 22.0. The maximum atomic E-state index is 12.9. The van der Waals surface area contributed by atoms with Crippen LogP contribution in [0.3, 0.4) is 0 Å². The fourth-order valence-corrected chi connectivity index (χ4v) is 9.66. The average Bonchev–Trinajstić information content (AvgIpc) is 3.41. The van der Waals surface area contributed by atoms with E-state index in [1.807, 2.05) is 0 Å². The van der Waals surface area contributed by atoms with E-state index in [2.05, 4.69) is 81.5 Å². The predicted molar refractivity (Wildman–Crippen MR) is 325 cm³/mol. The van der Waals surface area contributed by atoms with Crippen molar-refractivity contribution in [3.05, 3.63) is 60.8 Å². The van der Waals surface area contributed by atoms with Gasteiger partial charge in [-0.05, 0) is 57.8 Å². The lowest BCUT2D eigenvalue weighted by Gasteiger charge is -2.18. The molecule has 1 atom stereocenters. The van der Waals surface area contributed by atoms with Gasteiger partial charge in [-0.2, -0.15) is 0 Å². The Labute approximate surface area is 466 Å². The maximum absolute atomic E-state index is 12.9. The smallest absolute Gasteiger partial charge is 0.306 e. The van der Waals surface area contributed by atoms with Gasteiger partial charge in [0, 0.05) is 19.3 Å². The van der Waals surface area contributed by atoms with Gasteiger partial charge < -0.3 is 14.2 Å². The first-order valence-corrected chi connectivity index (χ1v) is 32.8. The molecule has 0 aromatic rings. The third-order valence-corrected chi connectivity index (χ3v) is 14.5. The Morgan fingerprint density at radius 2 is 0.520 bits per heavy atom. The molecule has 1 unspecified atom stereocenters. The molecule has 0 aliphatic rings. The van der Waals surface area contributed by atoms with Gasteiger partial charge in [0.15, 0.2) is 6.10 Å². The number of ether oxygens (including phenoxy) is 3. The largest absolute Gasteiger partial charge is 0.462 e. The molecule has 0 aliphatic carbocycles. The van der Waals surface area contributed by atoms with Crippen molar-refractivity contribution in [1.29, 1.82) is 0 Å². The lowest BCUT2D eigenvalue weighted by Crippen LogP contribution is -2.30. The molecule has 436 valence electrons. The summed E-state index contributed by atoms with van der Waals surface area (Å²) in [5, 5.41) is 0. The SMILES string of the molecule is CC/C=C\C/C=C\C/C=C\C/C=C\C/C=C\CCCC(=O)OCC(COC(=O)CCCCCCCCCCCCCCCCCCCCCCCC)OC(=O)CCCCCCCCCCCCCCCCCCCC. The molecule has 0 N–H and O–H groups in total. The molecule has 0 spiro atoms. The highest BCUT2D eigenvalue weighted by Gasteiger charge is 2.19. The Morgan fingerprint density at radius 3 is 0.813 bits per heavy atom. The van der Waals surface area contributed by atoms with E-state index < -0.39 is 6.10 Å². The van der Waals surface area contributed by atoms with Gasteiger partial charge in [0.2, 0.25) is 0 Å². The summed E-state index contributed by atoms with van der Waals surface area (Å²) in [6.07, 6.45) is 81.0. The van der Waals surface area contributed by atoms with E-state index in [1.165, 1.54) is 218 Å². The molecule has 0 rings (SSSR count). The summed E-state index contributed by atoms with van der Waals surface area (Å²) in [4.78, 5) is 38.3. The van der Waals surface area contributed by atoms with E-state index in [9.17, 15) is 14.4 Å². The minimum absolute atomic E-state index is 0.0870. The van der Waals surface area contributed by atoms with Crippen molar-refractivity contribution in [3.8, 4) is 0 Å². The average molecular weight is 1050 g/mol. The van der Waals surface area contributed by atoms with Crippen LogP contribution in [0.4, 0.5) is 0 Å². The minimum Gasteiger partial charge on any atom is -0.462 e. The Morgan fingerprint density at radius 1 is 0.280 bits per heavy atom. The number of carbonyl (C=O) groups excluding carboxylic acids is 3. The summed E-state index contributed by atoms with van der Waals surface area (Å²) >= 11 is 0. The molecule has 0 fully saturated rings. The van der Waals surface area contributed by atoms with Crippen molar-refractivity contribution in [1.82, 2.24) is 0 Å². The first kappa shape index (κ1) is 72.1. The Hall–Kier alpha value is -2.89. The molecule has 0 heterocycles. The quantitative estimate of drug-likeness (QED) is 0.0261. The molecule has 0 amide bonds. The molecule has 0 aromatic heterocycles. The molecule has 6 nitrogen and oxygen atoms in total. The highest BCUT2D eigenvalue weighted by molar-refractivity contribution is 5.71. The first-order chi connectivity index (χ1) is 37.0. The van der Waals surface area contributed by atoms with E-state index in [-0.39, 0.29) is 37.5 Å². The van der Waals surface area contributed by atoms with Crippen LogP contribution in [-0.2, 0) is 28.6 Å². The number of esters is 3. The molecule has 0 bridgehead atoms.